The summed E-state index contributed by atoms with van der Waals surface area (Å²) in [6.07, 6.45) is 2.31. The van der Waals surface area contributed by atoms with Crippen molar-refractivity contribution >= 4 is 5.82 Å². The molecule has 0 saturated carbocycles. The van der Waals surface area contributed by atoms with Crippen LogP contribution in [0.25, 0.3) is 11.3 Å². The van der Waals surface area contributed by atoms with Gasteiger partial charge in [0.2, 0.25) is 0 Å². The normalized spacial score (nSPS) is 16.2. The number of anilines is 1. The standard InChI is InChI=1S/C17H22N4/c1-13-19-16(15-5-3-2-4-6-15)11-17(20-13)21-9-7-14(12-18)8-10-21/h2-6,11,14H,7-10,12,18H2,1H3. The molecule has 1 fully saturated rings. The Morgan fingerprint density at radius 1 is 1.14 bits per heavy atom. The van der Waals surface area contributed by atoms with E-state index < -0.39 is 0 Å². The molecule has 0 radical (unpaired) electrons. The van der Waals surface area contributed by atoms with Gasteiger partial charge in [-0.1, -0.05) is 30.3 Å². The molecule has 4 nitrogen and oxygen atoms in total. The third-order valence-electron chi connectivity index (χ3n) is 4.17. The highest BCUT2D eigenvalue weighted by atomic mass is 15.2. The Hall–Kier alpha value is -1.94. The highest BCUT2D eigenvalue weighted by Crippen LogP contribution is 2.25. The minimum atomic E-state index is 0.665. The smallest absolute Gasteiger partial charge is 0.132 e. The Morgan fingerprint density at radius 3 is 2.52 bits per heavy atom. The maximum Gasteiger partial charge on any atom is 0.132 e. The molecule has 21 heavy (non-hydrogen) atoms. The molecular weight excluding hydrogens is 260 g/mol. The molecule has 2 heterocycles. The summed E-state index contributed by atoms with van der Waals surface area (Å²) in [6, 6.07) is 12.4. The number of piperidine rings is 1. The van der Waals surface area contributed by atoms with Gasteiger partial charge in [0.25, 0.3) is 0 Å². The van der Waals surface area contributed by atoms with Crippen LogP contribution in [0.2, 0.25) is 0 Å². The van der Waals surface area contributed by atoms with E-state index in [4.69, 9.17) is 5.73 Å². The van der Waals surface area contributed by atoms with Gasteiger partial charge in [-0.15, -0.1) is 0 Å². The van der Waals surface area contributed by atoms with Gasteiger partial charge in [-0.2, -0.15) is 0 Å². The third-order valence-corrected chi connectivity index (χ3v) is 4.17. The summed E-state index contributed by atoms with van der Waals surface area (Å²) >= 11 is 0. The van der Waals surface area contributed by atoms with E-state index in [0.717, 1.165) is 55.4 Å². The van der Waals surface area contributed by atoms with Crippen LogP contribution in [0.4, 0.5) is 5.82 Å². The molecule has 0 aliphatic carbocycles. The van der Waals surface area contributed by atoms with Crippen molar-refractivity contribution in [2.45, 2.75) is 19.8 Å². The molecule has 1 aliphatic heterocycles. The zero-order valence-corrected chi connectivity index (χ0v) is 12.5. The zero-order chi connectivity index (χ0) is 14.7. The monoisotopic (exact) mass is 282 g/mol. The maximum atomic E-state index is 5.77. The van der Waals surface area contributed by atoms with Gasteiger partial charge >= 0.3 is 0 Å². The van der Waals surface area contributed by atoms with E-state index in [0.29, 0.717) is 5.92 Å². The maximum absolute atomic E-state index is 5.77. The molecule has 0 bridgehead atoms. The fourth-order valence-corrected chi connectivity index (χ4v) is 2.87. The minimum absolute atomic E-state index is 0.665. The van der Waals surface area contributed by atoms with Crippen molar-refractivity contribution in [2.24, 2.45) is 11.7 Å². The highest BCUT2D eigenvalue weighted by Gasteiger charge is 2.19. The Morgan fingerprint density at radius 2 is 1.86 bits per heavy atom. The zero-order valence-electron chi connectivity index (χ0n) is 12.5. The molecule has 1 aliphatic rings. The summed E-state index contributed by atoms with van der Waals surface area (Å²) in [5.41, 5.74) is 7.91. The molecule has 1 aromatic heterocycles. The number of rotatable bonds is 3. The highest BCUT2D eigenvalue weighted by molar-refractivity contribution is 5.62. The molecule has 4 heteroatoms. The predicted molar refractivity (Wildman–Crippen MR) is 86.2 cm³/mol. The van der Waals surface area contributed by atoms with Crippen LogP contribution in [-0.4, -0.2) is 29.6 Å². The molecule has 0 amide bonds. The lowest BCUT2D eigenvalue weighted by molar-refractivity contribution is 0.413. The minimum Gasteiger partial charge on any atom is -0.356 e. The van der Waals surface area contributed by atoms with Crippen LogP contribution in [0.1, 0.15) is 18.7 Å². The number of aromatic nitrogens is 2. The quantitative estimate of drug-likeness (QED) is 0.940. The van der Waals surface area contributed by atoms with Crippen LogP contribution in [0.3, 0.4) is 0 Å². The van der Waals surface area contributed by atoms with E-state index in [1.54, 1.807) is 0 Å². The first kappa shape index (κ1) is 14.0. The molecule has 0 atom stereocenters. The van der Waals surface area contributed by atoms with E-state index in [1.165, 1.54) is 0 Å². The van der Waals surface area contributed by atoms with Crippen LogP contribution in [0.15, 0.2) is 36.4 Å². The first-order valence-electron chi connectivity index (χ1n) is 7.62. The summed E-state index contributed by atoms with van der Waals surface area (Å²) in [7, 11) is 0. The average molecular weight is 282 g/mol. The Bertz CT molecular complexity index is 589. The number of benzene rings is 1. The van der Waals surface area contributed by atoms with Crippen molar-refractivity contribution in [3.63, 3.8) is 0 Å². The fraction of sp³-hybridized carbons (Fsp3) is 0.412. The summed E-state index contributed by atoms with van der Waals surface area (Å²) in [4.78, 5) is 11.5. The van der Waals surface area contributed by atoms with E-state index in [1.807, 2.05) is 25.1 Å². The molecule has 3 rings (SSSR count). The topological polar surface area (TPSA) is 55.0 Å². The SMILES string of the molecule is Cc1nc(-c2ccccc2)cc(N2CCC(CN)CC2)n1. The van der Waals surface area contributed by atoms with E-state index >= 15 is 0 Å². The predicted octanol–water partition coefficient (Wildman–Crippen LogP) is 2.63. The number of nitrogens with two attached hydrogens (primary N) is 1. The largest absolute Gasteiger partial charge is 0.356 e. The lowest BCUT2D eigenvalue weighted by atomic mass is 9.97. The molecule has 2 N–H and O–H groups in total. The second kappa shape index (κ2) is 6.22. The van der Waals surface area contributed by atoms with Gasteiger partial charge in [0.15, 0.2) is 0 Å². The first-order valence-corrected chi connectivity index (χ1v) is 7.62. The van der Waals surface area contributed by atoms with Crippen LogP contribution in [0.5, 0.6) is 0 Å². The number of hydrogen-bond donors (Lipinski definition) is 1. The average Bonchev–Trinajstić information content (AvgIpc) is 2.55. The summed E-state index contributed by atoms with van der Waals surface area (Å²) in [6.45, 7) is 4.83. The molecule has 1 aromatic carbocycles. The Balaban J connectivity index is 1.85. The van der Waals surface area contributed by atoms with Gasteiger partial charge in [-0.25, -0.2) is 9.97 Å². The van der Waals surface area contributed by atoms with E-state index in [-0.39, 0.29) is 0 Å². The van der Waals surface area contributed by atoms with Crippen molar-refractivity contribution < 1.29 is 0 Å². The van der Waals surface area contributed by atoms with Gasteiger partial charge in [0.05, 0.1) is 5.69 Å². The number of hydrogen-bond acceptors (Lipinski definition) is 4. The van der Waals surface area contributed by atoms with Crippen molar-refractivity contribution in [3.8, 4) is 11.3 Å². The van der Waals surface area contributed by atoms with Crippen LogP contribution < -0.4 is 10.6 Å². The molecule has 0 unspecified atom stereocenters. The summed E-state index contributed by atoms with van der Waals surface area (Å²) in [5, 5.41) is 0. The van der Waals surface area contributed by atoms with Gasteiger partial charge in [0, 0.05) is 24.7 Å². The molecule has 110 valence electrons. The molecule has 1 saturated heterocycles. The van der Waals surface area contributed by atoms with Gasteiger partial charge in [-0.05, 0) is 32.2 Å². The molecule has 0 spiro atoms. The molecule has 2 aromatic rings. The van der Waals surface area contributed by atoms with Crippen LogP contribution in [-0.2, 0) is 0 Å². The van der Waals surface area contributed by atoms with E-state index in [9.17, 15) is 0 Å². The van der Waals surface area contributed by atoms with Crippen molar-refractivity contribution in [1.29, 1.82) is 0 Å². The van der Waals surface area contributed by atoms with Gasteiger partial charge < -0.3 is 10.6 Å². The Kier molecular flexibility index (Phi) is 4.15. The summed E-state index contributed by atoms with van der Waals surface area (Å²) in [5.74, 6) is 2.53. The van der Waals surface area contributed by atoms with Crippen molar-refractivity contribution in [2.75, 3.05) is 24.5 Å². The van der Waals surface area contributed by atoms with Crippen LogP contribution >= 0.6 is 0 Å². The number of nitrogens with zero attached hydrogens (tertiary/aromatic N) is 3. The van der Waals surface area contributed by atoms with Crippen molar-refractivity contribution in [3.05, 3.63) is 42.2 Å². The summed E-state index contributed by atoms with van der Waals surface area (Å²) < 4.78 is 0. The van der Waals surface area contributed by atoms with Crippen molar-refractivity contribution in [1.82, 2.24) is 9.97 Å². The van der Waals surface area contributed by atoms with Gasteiger partial charge in [0.1, 0.15) is 11.6 Å². The second-order valence-electron chi connectivity index (χ2n) is 5.69. The molecular formula is C17H22N4. The first-order chi connectivity index (χ1) is 10.3. The fourth-order valence-electron chi connectivity index (χ4n) is 2.87. The Labute approximate surface area is 126 Å². The lowest BCUT2D eigenvalue weighted by Gasteiger charge is -2.32. The second-order valence-corrected chi connectivity index (χ2v) is 5.69. The van der Waals surface area contributed by atoms with Gasteiger partial charge in [-0.3, -0.25) is 0 Å². The third kappa shape index (κ3) is 3.22. The van der Waals surface area contributed by atoms with Crippen LogP contribution in [0, 0.1) is 12.8 Å². The number of aryl methyl sites for hydroxylation is 1. The lowest BCUT2D eigenvalue weighted by Crippen LogP contribution is -2.36. The van der Waals surface area contributed by atoms with E-state index in [2.05, 4.69) is 33.1 Å².